The summed E-state index contributed by atoms with van der Waals surface area (Å²) in [4.78, 5) is 21.5. The summed E-state index contributed by atoms with van der Waals surface area (Å²) in [6, 6.07) is 19.5. The van der Waals surface area contributed by atoms with E-state index < -0.39 is 11.8 Å². The lowest BCUT2D eigenvalue weighted by atomic mass is 9.91. The average molecular weight is 475 g/mol. The van der Waals surface area contributed by atoms with E-state index in [1.54, 1.807) is 24.5 Å². The van der Waals surface area contributed by atoms with Crippen LogP contribution >= 0.6 is 11.6 Å². The van der Waals surface area contributed by atoms with Gasteiger partial charge in [-0.15, -0.1) is 0 Å². The second-order valence-electron chi connectivity index (χ2n) is 8.05. The molecule has 1 amide bonds. The minimum Gasteiger partial charge on any atom is -0.369 e. The van der Waals surface area contributed by atoms with Crippen molar-refractivity contribution in [1.29, 1.82) is 0 Å². The summed E-state index contributed by atoms with van der Waals surface area (Å²) >= 11 is 6.49. The van der Waals surface area contributed by atoms with Crippen LogP contribution in [0.1, 0.15) is 28.2 Å². The largest absolute Gasteiger partial charge is 0.369 e. The van der Waals surface area contributed by atoms with Crippen molar-refractivity contribution >= 4 is 23.3 Å². The zero-order chi connectivity index (χ0) is 24.1. The summed E-state index contributed by atoms with van der Waals surface area (Å²) in [7, 11) is 0. The van der Waals surface area contributed by atoms with Crippen LogP contribution in [-0.2, 0) is 11.2 Å². The minimum atomic E-state index is -0.736. The summed E-state index contributed by atoms with van der Waals surface area (Å²) in [5.74, 6) is -1.01. The Morgan fingerprint density at radius 1 is 1.12 bits per heavy atom. The minimum absolute atomic E-state index is 0.280. The maximum atomic E-state index is 13.6. The highest BCUT2D eigenvalue weighted by Crippen LogP contribution is 2.33. The highest BCUT2D eigenvalue weighted by molar-refractivity contribution is 6.33. The fourth-order valence-corrected chi connectivity index (χ4v) is 4.22. The SMILES string of the molecule is Cc1ccc(-c2ccc(C(C(N)=O)c3cccnc3)c(NCCc3cccc(F)c3)n2)c(Cl)c1. The van der Waals surface area contributed by atoms with E-state index in [0.29, 0.717) is 40.6 Å². The fraction of sp³-hybridized carbons (Fsp3) is 0.148. The van der Waals surface area contributed by atoms with Crippen LogP contribution in [0.3, 0.4) is 0 Å². The van der Waals surface area contributed by atoms with Gasteiger partial charge < -0.3 is 11.1 Å². The van der Waals surface area contributed by atoms with Gasteiger partial charge >= 0.3 is 0 Å². The van der Waals surface area contributed by atoms with Crippen LogP contribution in [-0.4, -0.2) is 22.4 Å². The first-order valence-corrected chi connectivity index (χ1v) is 11.2. The van der Waals surface area contributed by atoms with Gasteiger partial charge in [0, 0.05) is 30.1 Å². The average Bonchev–Trinajstić information content (AvgIpc) is 2.81. The highest BCUT2D eigenvalue weighted by atomic mass is 35.5. The quantitative estimate of drug-likeness (QED) is 0.352. The molecular formula is C27H24ClFN4O. The van der Waals surface area contributed by atoms with Gasteiger partial charge in [0.25, 0.3) is 0 Å². The van der Waals surface area contributed by atoms with E-state index in [-0.39, 0.29) is 5.82 Å². The van der Waals surface area contributed by atoms with Crippen molar-refractivity contribution in [3.8, 4) is 11.3 Å². The number of nitrogens with zero attached hydrogens (tertiary/aromatic N) is 2. The van der Waals surface area contributed by atoms with E-state index in [2.05, 4.69) is 10.3 Å². The molecule has 0 spiro atoms. The highest BCUT2D eigenvalue weighted by Gasteiger charge is 2.25. The zero-order valence-corrected chi connectivity index (χ0v) is 19.4. The number of rotatable bonds is 8. The van der Waals surface area contributed by atoms with E-state index >= 15 is 0 Å². The van der Waals surface area contributed by atoms with Crippen molar-refractivity contribution in [1.82, 2.24) is 9.97 Å². The Kier molecular flexibility index (Phi) is 7.18. The molecule has 4 aromatic rings. The van der Waals surface area contributed by atoms with Crippen molar-refractivity contribution in [3.05, 3.63) is 112 Å². The Morgan fingerprint density at radius 2 is 1.97 bits per heavy atom. The molecule has 172 valence electrons. The number of carbonyl (C=O) groups excluding carboxylic acids is 1. The third-order valence-electron chi connectivity index (χ3n) is 5.54. The number of nitrogens with two attached hydrogens (primary N) is 1. The van der Waals surface area contributed by atoms with Gasteiger partial charge in [-0.25, -0.2) is 9.37 Å². The van der Waals surface area contributed by atoms with Crippen LogP contribution in [0.4, 0.5) is 10.2 Å². The molecule has 3 N–H and O–H groups in total. The number of benzene rings is 2. The lowest BCUT2D eigenvalue weighted by Gasteiger charge is -2.19. The van der Waals surface area contributed by atoms with Gasteiger partial charge in [-0.1, -0.05) is 48.0 Å². The van der Waals surface area contributed by atoms with Crippen LogP contribution in [0.2, 0.25) is 5.02 Å². The summed E-state index contributed by atoms with van der Waals surface area (Å²) in [6.45, 7) is 2.45. The van der Waals surface area contributed by atoms with E-state index in [9.17, 15) is 9.18 Å². The summed E-state index contributed by atoms with van der Waals surface area (Å²) < 4.78 is 13.6. The number of primary amides is 1. The molecule has 0 aliphatic rings. The number of pyridine rings is 2. The molecule has 4 rings (SSSR count). The Balaban J connectivity index is 1.72. The molecule has 0 bridgehead atoms. The zero-order valence-electron chi connectivity index (χ0n) is 18.6. The van der Waals surface area contributed by atoms with Crippen LogP contribution < -0.4 is 11.1 Å². The number of anilines is 1. The second-order valence-corrected chi connectivity index (χ2v) is 8.45. The first-order valence-electron chi connectivity index (χ1n) is 10.9. The van der Waals surface area contributed by atoms with Gasteiger partial charge in [0.15, 0.2) is 0 Å². The molecule has 0 aliphatic heterocycles. The molecular weight excluding hydrogens is 451 g/mol. The lowest BCUT2D eigenvalue weighted by molar-refractivity contribution is -0.118. The molecule has 2 heterocycles. The molecule has 0 saturated heterocycles. The molecule has 2 aromatic heterocycles. The number of hydrogen-bond donors (Lipinski definition) is 2. The van der Waals surface area contributed by atoms with Crippen LogP contribution in [0.5, 0.6) is 0 Å². The number of aryl methyl sites for hydroxylation is 1. The van der Waals surface area contributed by atoms with E-state index in [1.807, 2.05) is 49.4 Å². The van der Waals surface area contributed by atoms with Crippen LogP contribution in [0, 0.1) is 12.7 Å². The summed E-state index contributed by atoms with van der Waals surface area (Å²) in [5.41, 5.74) is 10.5. The van der Waals surface area contributed by atoms with Crippen LogP contribution in [0.25, 0.3) is 11.3 Å². The van der Waals surface area contributed by atoms with Crippen molar-refractivity contribution in [2.45, 2.75) is 19.3 Å². The Hall–Kier alpha value is -3.77. The molecule has 1 unspecified atom stereocenters. The van der Waals surface area contributed by atoms with Gasteiger partial charge in [-0.05, 0) is 60.4 Å². The first kappa shape index (κ1) is 23.4. The van der Waals surface area contributed by atoms with Gasteiger partial charge in [-0.3, -0.25) is 9.78 Å². The van der Waals surface area contributed by atoms with Crippen molar-refractivity contribution in [2.24, 2.45) is 5.73 Å². The van der Waals surface area contributed by atoms with Crippen molar-refractivity contribution < 1.29 is 9.18 Å². The maximum absolute atomic E-state index is 13.6. The van der Waals surface area contributed by atoms with Crippen molar-refractivity contribution in [3.63, 3.8) is 0 Å². The van der Waals surface area contributed by atoms with Gasteiger partial charge in [0.2, 0.25) is 5.91 Å². The topological polar surface area (TPSA) is 80.9 Å². The second kappa shape index (κ2) is 10.4. The monoisotopic (exact) mass is 474 g/mol. The molecule has 0 fully saturated rings. The Labute approximate surface area is 202 Å². The first-order chi connectivity index (χ1) is 16.4. The molecule has 34 heavy (non-hydrogen) atoms. The smallest absolute Gasteiger partial charge is 0.229 e. The number of halogens is 2. The maximum Gasteiger partial charge on any atom is 0.229 e. The number of nitrogens with one attached hydrogen (secondary N) is 1. The molecule has 0 saturated carbocycles. The number of aromatic nitrogens is 2. The Morgan fingerprint density at radius 3 is 2.68 bits per heavy atom. The predicted octanol–water partition coefficient (Wildman–Crippen LogP) is 5.52. The number of amides is 1. The fourth-order valence-electron chi connectivity index (χ4n) is 3.88. The molecule has 5 nitrogen and oxygen atoms in total. The van der Waals surface area contributed by atoms with Gasteiger partial charge in [0.1, 0.15) is 11.6 Å². The van der Waals surface area contributed by atoms with Crippen LogP contribution in [0.15, 0.2) is 79.1 Å². The summed E-state index contributed by atoms with van der Waals surface area (Å²) in [5, 5.41) is 3.91. The predicted molar refractivity (Wildman–Crippen MR) is 133 cm³/mol. The van der Waals surface area contributed by atoms with Gasteiger partial charge in [0.05, 0.1) is 16.6 Å². The lowest BCUT2D eigenvalue weighted by Crippen LogP contribution is -2.24. The molecule has 7 heteroatoms. The third-order valence-corrected chi connectivity index (χ3v) is 5.85. The standard InChI is InChI=1S/C27H24ClFN4O/c1-17-7-8-21(23(28)14-17)24-10-9-22(25(26(30)34)19-5-3-12-31-16-19)27(33-24)32-13-11-18-4-2-6-20(29)15-18/h2-10,12,14-16,25H,11,13H2,1H3,(H2,30,34)(H,32,33). The normalized spacial score (nSPS) is 11.7. The van der Waals surface area contributed by atoms with Crippen molar-refractivity contribution in [2.75, 3.05) is 11.9 Å². The Bertz CT molecular complexity index is 1310. The molecule has 0 aliphatic carbocycles. The van der Waals surface area contributed by atoms with E-state index in [4.69, 9.17) is 22.3 Å². The number of carbonyl (C=O) groups is 1. The van der Waals surface area contributed by atoms with E-state index in [0.717, 1.165) is 16.7 Å². The number of hydrogen-bond acceptors (Lipinski definition) is 4. The molecule has 2 aromatic carbocycles. The third kappa shape index (κ3) is 5.41. The summed E-state index contributed by atoms with van der Waals surface area (Å²) in [6.07, 6.45) is 3.83. The molecule has 1 atom stereocenters. The van der Waals surface area contributed by atoms with E-state index in [1.165, 1.54) is 12.1 Å². The van der Waals surface area contributed by atoms with Gasteiger partial charge in [-0.2, -0.15) is 0 Å². The molecule has 0 radical (unpaired) electrons.